The maximum Gasteiger partial charge on any atom is 0.344 e. The maximum atomic E-state index is 13.6. The molecule has 0 amide bonds. The number of nitrogens with zero attached hydrogens (tertiary/aromatic N) is 2. The second-order valence-corrected chi connectivity index (χ2v) is 13.0. The molecule has 2 rings (SSSR count). The second kappa shape index (κ2) is 15.9. The molecule has 8 nitrogen and oxygen atoms in total. The fourth-order valence-electron chi connectivity index (χ4n) is 4.59. The third-order valence-electron chi connectivity index (χ3n) is 7.47. The predicted molar refractivity (Wildman–Crippen MR) is 161 cm³/mol. The Morgan fingerprint density at radius 3 is 2.00 bits per heavy atom. The number of hydrogen-bond acceptors (Lipinski definition) is 6. The van der Waals surface area contributed by atoms with Crippen LogP contribution in [0.3, 0.4) is 0 Å². The van der Waals surface area contributed by atoms with Crippen molar-refractivity contribution in [3.05, 3.63) is 41.2 Å². The van der Waals surface area contributed by atoms with E-state index in [0.29, 0.717) is 24.2 Å². The highest BCUT2D eigenvalue weighted by atomic mass is 32.2. The number of carbonyl (C=O) groups is 1. The van der Waals surface area contributed by atoms with Gasteiger partial charge in [-0.2, -0.15) is 0 Å². The van der Waals surface area contributed by atoms with Gasteiger partial charge in [-0.1, -0.05) is 91.5 Å². The average Bonchev–Trinajstić information content (AvgIpc) is 2.88. The molecule has 0 fully saturated rings. The summed E-state index contributed by atoms with van der Waals surface area (Å²) in [5, 5.41) is 9.88. The lowest BCUT2D eigenvalue weighted by Gasteiger charge is -2.25. The number of aliphatic carboxylic acids is 1. The second-order valence-electron chi connectivity index (χ2n) is 11.4. The van der Waals surface area contributed by atoms with Gasteiger partial charge in [0.25, 0.3) is 10.0 Å². The first-order valence-corrected chi connectivity index (χ1v) is 16.3. The third-order valence-corrected chi connectivity index (χ3v) is 8.82. The van der Waals surface area contributed by atoms with E-state index in [9.17, 15) is 18.3 Å². The quantitative estimate of drug-likeness (QED) is 0.165. The largest absolute Gasteiger partial charge is 0.479 e. The van der Waals surface area contributed by atoms with Crippen LogP contribution in [0.25, 0.3) is 0 Å². The van der Waals surface area contributed by atoms with Crippen LogP contribution in [0, 0.1) is 13.8 Å². The molecular formula is C31H49N3O5S. The van der Waals surface area contributed by atoms with Crippen molar-refractivity contribution in [1.82, 2.24) is 9.97 Å². The van der Waals surface area contributed by atoms with Crippen LogP contribution in [0.1, 0.15) is 122 Å². The summed E-state index contributed by atoms with van der Waals surface area (Å²) in [6, 6.07) is 6.70. The summed E-state index contributed by atoms with van der Waals surface area (Å²) >= 11 is 0. The number of unbranched alkanes of at least 4 members (excludes halogenated alkanes) is 9. The summed E-state index contributed by atoms with van der Waals surface area (Å²) < 4.78 is 35.5. The summed E-state index contributed by atoms with van der Waals surface area (Å²) in [5.74, 6) is -1.14. The number of carboxylic acids is 1. The number of nitrogens with one attached hydrogen (secondary N) is 1. The summed E-state index contributed by atoms with van der Waals surface area (Å²) in [6.07, 6.45) is 11.4. The van der Waals surface area contributed by atoms with Gasteiger partial charge in [0.2, 0.25) is 5.95 Å². The van der Waals surface area contributed by atoms with E-state index in [0.717, 1.165) is 31.2 Å². The van der Waals surface area contributed by atoms with Crippen molar-refractivity contribution >= 4 is 21.9 Å². The zero-order valence-electron chi connectivity index (χ0n) is 25.3. The first kappa shape index (κ1) is 33.5. The Morgan fingerprint density at radius 2 is 1.48 bits per heavy atom. The molecule has 0 aliphatic rings. The zero-order chi connectivity index (χ0) is 29.8. The molecular weight excluding hydrogens is 526 g/mol. The lowest BCUT2D eigenvalue weighted by atomic mass is 9.82. The first-order chi connectivity index (χ1) is 18.9. The number of carboxylic acid groups (broad SMARTS) is 1. The van der Waals surface area contributed by atoms with Crippen molar-refractivity contribution in [2.45, 2.75) is 135 Å². The molecule has 1 atom stereocenters. The molecule has 1 aromatic heterocycles. The van der Waals surface area contributed by atoms with Gasteiger partial charge in [0.05, 0.1) is 0 Å². The van der Waals surface area contributed by atoms with E-state index in [1.54, 1.807) is 32.0 Å². The molecule has 0 bridgehead atoms. The number of aryl methyl sites for hydroxylation is 2. The van der Waals surface area contributed by atoms with E-state index in [2.05, 4.69) is 21.6 Å². The van der Waals surface area contributed by atoms with E-state index >= 15 is 0 Å². The Morgan fingerprint density at radius 1 is 0.925 bits per heavy atom. The van der Waals surface area contributed by atoms with Crippen molar-refractivity contribution in [3.8, 4) is 5.75 Å². The molecule has 40 heavy (non-hydrogen) atoms. The smallest absolute Gasteiger partial charge is 0.344 e. The molecule has 1 aromatic carbocycles. The number of ether oxygens (including phenoxy) is 1. The minimum Gasteiger partial charge on any atom is -0.479 e. The van der Waals surface area contributed by atoms with Crippen LogP contribution >= 0.6 is 0 Å². The van der Waals surface area contributed by atoms with Crippen molar-refractivity contribution in [2.24, 2.45) is 0 Å². The summed E-state index contributed by atoms with van der Waals surface area (Å²) in [4.78, 5) is 20.4. The van der Waals surface area contributed by atoms with Gasteiger partial charge in [0, 0.05) is 11.4 Å². The molecule has 1 unspecified atom stereocenters. The highest BCUT2D eigenvalue weighted by Gasteiger charge is 2.29. The molecule has 0 saturated heterocycles. The minimum absolute atomic E-state index is 0.00649. The highest BCUT2D eigenvalue weighted by Crippen LogP contribution is 2.34. The number of rotatable bonds is 19. The topological polar surface area (TPSA) is 118 Å². The van der Waals surface area contributed by atoms with Crippen LogP contribution in [-0.4, -0.2) is 35.6 Å². The highest BCUT2D eigenvalue weighted by molar-refractivity contribution is 7.92. The van der Waals surface area contributed by atoms with Crippen LogP contribution < -0.4 is 9.46 Å². The SMILES string of the molecule is CCCCCCCCCCCCC(Oc1ccc(C(C)(C)CC)cc1S(=O)(=O)Nc1nc(C)cc(C)n1)C(=O)O. The van der Waals surface area contributed by atoms with E-state index in [-0.39, 0.29) is 22.0 Å². The number of anilines is 1. The predicted octanol–water partition coefficient (Wildman–Crippen LogP) is 7.72. The summed E-state index contributed by atoms with van der Waals surface area (Å²) in [7, 11) is -4.18. The molecule has 9 heteroatoms. The van der Waals surface area contributed by atoms with Gasteiger partial charge < -0.3 is 9.84 Å². The molecule has 2 N–H and O–H groups in total. The monoisotopic (exact) mass is 575 g/mol. The average molecular weight is 576 g/mol. The van der Waals surface area contributed by atoms with Gasteiger partial charge in [0.1, 0.15) is 10.6 Å². The standard InChI is InChI=1S/C31H49N3O5S/c1-7-9-10-11-12-13-14-15-16-17-18-27(29(35)36)39-26-20-19-25(31(5,6)8-2)22-28(26)40(37,38)34-30-32-23(3)21-24(4)33-30/h19-22,27H,7-18H2,1-6H3,(H,35,36)(H,32,33,34). The fraction of sp³-hybridized carbons (Fsp3) is 0.645. The zero-order valence-corrected chi connectivity index (χ0v) is 26.1. The van der Waals surface area contributed by atoms with Gasteiger partial charge in [0.15, 0.2) is 6.10 Å². The number of sulfonamides is 1. The molecule has 0 saturated carbocycles. The summed E-state index contributed by atoms with van der Waals surface area (Å²) in [6.45, 7) is 11.8. The molecule has 2 aromatic rings. The van der Waals surface area contributed by atoms with Crippen LogP contribution in [0.4, 0.5) is 5.95 Å². The molecule has 0 aliphatic carbocycles. The Kier molecular flexibility index (Phi) is 13.4. The Balaban J connectivity index is 2.17. The Bertz CT molecular complexity index is 1180. The van der Waals surface area contributed by atoms with Crippen molar-refractivity contribution in [2.75, 3.05) is 4.72 Å². The van der Waals surface area contributed by atoms with Gasteiger partial charge in [-0.05, 0) is 62.3 Å². The van der Waals surface area contributed by atoms with Gasteiger partial charge in [-0.3, -0.25) is 0 Å². The van der Waals surface area contributed by atoms with Crippen LogP contribution in [-0.2, 0) is 20.2 Å². The normalized spacial score (nSPS) is 12.8. The molecule has 224 valence electrons. The van der Waals surface area contributed by atoms with Crippen molar-refractivity contribution in [1.29, 1.82) is 0 Å². The Hall–Kier alpha value is -2.68. The van der Waals surface area contributed by atoms with Crippen LogP contribution in [0.15, 0.2) is 29.2 Å². The van der Waals surface area contributed by atoms with Crippen molar-refractivity contribution in [3.63, 3.8) is 0 Å². The molecule has 0 aliphatic heterocycles. The number of benzene rings is 1. The Labute approximate surface area is 241 Å². The molecule has 1 heterocycles. The van der Waals surface area contributed by atoms with E-state index in [4.69, 9.17) is 4.74 Å². The van der Waals surface area contributed by atoms with E-state index in [1.165, 1.54) is 38.5 Å². The lowest BCUT2D eigenvalue weighted by molar-refractivity contribution is -0.145. The minimum atomic E-state index is -4.18. The maximum absolute atomic E-state index is 13.6. The third kappa shape index (κ3) is 10.7. The molecule has 0 spiro atoms. The summed E-state index contributed by atoms with van der Waals surface area (Å²) in [5.41, 5.74) is 1.78. The van der Waals surface area contributed by atoms with Crippen LogP contribution in [0.5, 0.6) is 5.75 Å². The van der Waals surface area contributed by atoms with Crippen LogP contribution in [0.2, 0.25) is 0 Å². The number of hydrogen-bond donors (Lipinski definition) is 2. The lowest BCUT2D eigenvalue weighted by Crippen LogP contribution is -2.28. The van der Waals surface area contributed by atoms with E-state index in [1.807, 2.05) is 26.8 Å². The van der Waals surface area contributed by atoms with Gasteiger partial charge >= 0.3 is 5.97 Å². The molecule has 0 radical (unpaired) electrons. The first-order valence-electron chi connectivity index (χ1n) is 14.8. The van der Waals surface area contributed by atoms with Crippen molar-refractivity contribution < 1.29 is 23.1 Å². The van der Waals surface area contributed by atoms with E-state index < -0.39 is 22.1 Å². The van der Waals surface area contributed by atoms with Gasteiger partial charge in [-0.15, -0.1) is 0 Å². The fourth-order valence-corrected chi connectivity index (χ4v) is 5.70. The van der Waals surface area contributed by atoms with Gasteiger partial charge in [-0.25, -0.2) is 27.9 Å². The number of aromatic nitrogens is 2.